The summed E-state index contributed by atoms with van der Waals surface area (Å²) < 4.78 is 26.6. The second-order valence-electron chi connectivity index (χ2n) is 8.09. The normalized spacial score (nSPS) is 13.9. The average molecular weight is 479 g/mol. The summed E-state index contributed by atoms with van der Waals surface area (Å²) in [6, 6.07) is 4.90. The molecule has 0 atom stereocenters. The molecule has 1 heterocycles. The Hall–Kier alpha value is -2.88. The van der Waals surface area contributed by atoms with Gasteiger partial charge in [0.15, 0.2) is 0 Å². The number of rotatable bonds is 11. The predicted molar refractivity (Wildman–Crippen MR) is 126 cm³/mol. The Morgan fingerprint density at radius 3 is 2.27 bits per heavy atom. The zero-order chi connectivity index (χ0) is 24.4. The first-order chi connectivity index (χ1) is 15.7. The first kappa shape index (κ1) is 26.4. The predicted octanol–water partition coefficient (Wildman–Crippen LogP) is 3.08. The highest BCUT2D eigenvalue weighted by Crippen LogP contribution is 2.23. The molecule has 2 rings (SSSR count). The first-order valence-corrected chi connectivity index (χ1v) is 12.9. The number of sulfonamides is 1. The van der Waals surface area contributed by atoms with Gasteiger partial charge in [-0.05, 0) is 55.9 Å². The second kappa shape index (κ2) is 12.4. The van der Waals surface area contributed by atoms with Gasteiger partial charge in [-0.2, -0.15) is 0 Å². The molecule has 33 heavy (non-hydrogen) atoms. The van der Waals surface area contributed by atoms with Crippen molar-refractivity contribution in [2.75, 3.05) is 19.6 Å². The summed E-state index contributed by atoms with van der Waals surface area (Å²) in [6.07, 6.45) is 4.71. The van der Waals surface area contributed by atoms with Crippen LogP contribution in [0.5, 0.6) is 0 Å². The molecule has 0 spiro atoms. The average Bonchev–Trinajstić information content (AvgIpc) is 3.05. The Bertz CT molecular complexity index is 987. The Balaban J connectivity index is 1.83. The van der Waals surface area contributed by atoms with Crippen molar-refractivity contribution in [2.24, 2.45) is 0 Å². The fourth-order valence-corrected chi connectivity index (χ4v) is 4.36. The number of carbonyl (C=O) groups excluding carboxylic acids is 3. The van der Waals surface area contributed by atoms with Crippen LogP contribution in [0.1, 0.15) is 58.4 Å². The van der Waals surface area contributed by atoms with E-state index in [1.54, 1.807) is 12.1 Å². The van der Waals surface area contributed by atoms with Crippen LogP contribution in [-0.4, -0.2) is 50.9 Å². The number of nitrogens with one attached hydrogen (secondary N) is 3. The maximum Gasteiger partial charge on any atom is 0.328 e. The van der Waals surface area contributed by atoms with E-state index in [1.165, 1.54) is 17.0 Å². The largest absolute Gasteiger partial charge is 0.337 e. The molecule has 0 unspecified atom stereocenters. The first-order valence-electron chi connectivity index (χ1n) is 11.4. The van der Waals surface area contributed by atoms with Crippen LogP contribution in [0.3, 0.4) is 0 Å². The van der Waals surface area contributed by atoms with Crippen LogP contribution < -0.4 is 15.4 Å². The Kier molecular flexibility index (Phi) is 9.90. The van der Waals surface area contributed by atoms with E-state index in [-0.39, 0.29) is 10.8 Å². The molecule has 0 bridgehead atoms. The van der Waals surface area contributed by atoms with E-state index in [4.69, 9.17) is 0 Å². The number of nitrogens with zero attached hydrogens (tertiary/aromatic N) is 1. The minimum Gasteiger partial charge on any atom is -0.337 e. The quantitative estimate of drug-likeness (QED) is 0.422. The van der Waals surface area contributed by atoms with E-state index in [9.17, 15) is 22.8 Å². The van der Waals surface area contributed by atoms with Gasteiger partial charge in [-0.3, -0.25) is 9.69 Å². The van der Waals surface area contributed by atoms with Gasteiger partial charge in [0.1, 0.15) is 0 Å². The monoisotopic (exact) mass is 478 g/mol. The van der Waals surface area contributed by atoms with E-state index in [2.05, 4.69) is 17.6 Å². The van der Waals surface area contributed by atoms with Crippen molar-refractivity contribution in [3.63, 3.8) is 0 Å². The zero-order valence-electron chi connectivity index (χ0n) is 19.6. The van der Waals surface area contributed by atoms with Crippen LogP contribution >= 0.6 is 0 Å². The molecule has 0 aromatic heterocycles. The standard InChI is InChI=1S/C23H34N4O5S/c1-4-6-8-20-17(3)16-27(21(20)28)23(30)25-15-13-18-9-11-19(12-10-18)33(31,32)26-22(29)24-14-7-5-2/h9-12H,4-8,13-16H2,1-3H3,(H,25,30)(H2,24,26,29). The maximum absolute atomic E-state index is 12.5. The molecular formula is C23H34N4O5S. The fraction of sp³-hybridized carbons (Fsp3) is 0.522. The lowest BCUT2D eigenvalue weighted by molar-refractivity contribution is -0.123. The van der Waals surface area contributed by atoms with Gasteiger partial charge in [0.05, 0.1) is 11.4 Å². The van der Waals surface area contributed by atoms with Gasteiger partial charge in [-0.15, -0.1) is 0 Å². The Morgan fingerprint density at radius 1 is 0.970 bits per heavy atom. The molecule has 0 saturated carbocycles. The molecule has 3 N–H and O–H groups in total. The molecule has 10 heteroatoms. The molecule has 1 aromatic rings. The summed E-state index contributed by atoms with van der Waals surface area (Å²) in [6.45, 7) is 6.93. The van der Waals surface area contributed by atoms with Gasteiger partial charge >= 0.3 is 12.1 Å². The number of imide groups is 1. The van der Waals surface area contributed by atoms with E-state index in [0.717, 1.165) is 42.4 Å². The maximum atomic E-state index is 12.5. The summed E-state index contributed by atoms with van der Waals surface area (Å²) in [5.41, 5.74) is 2.48. The summed E-state index contributed by atoms with van der Waals surface area (Å²) in [5, 5.41) is 5.25. The van der Waals surface area contributed by atoms with E-state index in [1.807, 2.05) is 18.6 Å². The number of unbranched alkanes of at least 4 members (excludes halogenated alkanes) is 2. The van der Waals surface area contributed by atoms with Crippen LogP contribution in [-0.2, 0) is 21.2 Å². The Labute approximate surface area is 196 Å². The lowest BCUT2D eigenvalue weighted by atomic mass is 10.1. The number of hydrogen-bond donors (Lipinski definition) is 3. The summed E-state index contributed by atoms with van der Waals surface area (Å²) >= 11 is 0. The molecule has 0 saturated heterocycles. The molecule has 1 aliphatic rings. The summed E-state index contributed by atoms with van der Waals surface area (Å²) in [4.78, 5) is 37.9. The van der Waals surface area contributed by atoms with E-state index >= 15 is 0 Å². The van der Waals surface area contributed by atoms with Gasteiger partial charge in [0.2, 0.25) is 0 Å². The molecule has 182 valence electrons. The molecule has 5 amide bonds. The zero-order valence-corrected chi connectivity index (χ0v) is 20.4. The minimum atomic E-state index is -3.96. The Morgan fingerprint density at radius 2 is 1.64 bits per heavy atom. The lowest BCUT2D eigenvalue weighted by Gasteiger charge is -2.16. The molecule has 0 radical (unpaired) electrons. The fourth-order valence-electron chi connectivity index (χ4n) is 3.43. The molecule has 9 nitrogen and oxygen atoms in total. The van der Waals surface area contributed by atoms with Gasteiger partial charge in [-0.25, -0.2) is 22.7 Å². The van der Waals surface area contributed by atoms with Crippen LogP contribution in [0.2, 0.25) is 0 Å². The highest BCUT2D eigenvalue weighted by molar-refractivity contribution is 7.90. The number of amides is 5. The van der Waals surface area contributed by atoms with Crippen LogP contribution in [0, 0.1) is 0 Å². The van der Waals surface area contributed by atoms with Gasteiger partial charge < -0.3 is 10.6 Å². The van der Waals surface area contributed by atoms with Crippen molar-refractivity contribution in [1.29, 1.82) is 0 Å². The van der Waals surface area contributed by atoms with Crippen molar-refractivity contribution in [3.8, 4) is 0 Å². The number of hydrogen-bond acceptors (Lipinski definition) is 5. The molecule has 0 fully saturated rings. The molecule has 0 aliphatic carbocycles. The number of urea groups is 2. The van der Waals surface area contributed by atoms with Crippen LogP contribution in [0.4, 0.5) is 9.59 Å². The van der Waals surface area contributed by atoms with Crippen molar-refractivity contribution < 1.29 is 22.8 Å². The van der Waals surface area contributed by atoms with Crippen molar-refractivity contribution in [1.82, 2.24) is 20.3 Å². The van der Waals surface area contributed by atoms with Gasteiger partial charge in [0.25, 0.3) is 15.9 Å². The van der Waals surface area contributed by atoms with Crippen LogP contribution in [0.15, 0.2) is 40.3 Å². The van der Waals surface area contributed by atoms with Crippen molar-refractivity contribution >= 4 is 28.0 Å². The van der Waals surface area contributed by atoms with Gasteiger partial charge in [0, 0.05) is 18.7 Å². The SMILES string of the molecule is CCCCNC(=O)NS(=O)(=O)c1ccc(CCNC(=O)N2CC(C)=C(CCCC)C2=O)cc1. The van der Waals surface area contributed by atoms with E-state index in [0.29, 0.717) is 32.5 Å². The molecular weight excluding hydrogens is 444 g/mol. The smallest absolute Gasteiger partial charge is 0.328 e. The highest BCUT2D eigenvalue weighted by atomic mass is 32.2. The third-order valence-electron chi connectivity index (χ3n) is 5.41. The number of benzene rings is 1. The van der Waals surface area contributed by atoms with Gasteiger partial charge in [-0.1, -0.05) is 38.8 Å². The minimum absolute atomic E-state index is 0.0234. The third-order valence-corrected chi connectivity index (χ3v) is 6.75. The molecule has 1 aromatic carbocycles. The van der Waals surface area contributed by atoms with Crippen LogP contribution in [0.25, 0.3) is 0 Å². The second-order valence-corrected chi connectivity index (χ2v) is 9.78. The number of carbonyl (C=O) groups is 3. The molecule has 1 aliphatic heterocycles. The lowest BCUT2D eigenvalue weighted by Crippen LogP contribution is -2.42. The highest BCUT2D eigenvalue weighted by Gasteiger charge is 2.31. The summed E-state index contributed by atoms with van der Waals surface area (Å²) in [5.74, 6) is -0.223. The topological polar surface area (TPSA) is 125 Å². The van der Waals surface area contributed by atoms with Crippen molar-refractivity contribution in [2.45, 2.75) is 64.2 Å². The van der Waals surface area contributed by atoms with Crippen molar-refractivity contribution in [3.05, 3.63) is 41.0 Å². The third kappa shape index (κ3) is 7.59. The summed E-state index contributed by atoms with van der Waals surface area (Å²) in [7, 11) is -3.96. The van der Waals surface area contributed by atoms with E-state index < -0.39 is 22.1 Å².